The van der Waals surface area contributed by atoms with Crippen molar-refractivity contribution >= 4 is 17.6 Å². The summed E-state index contributed by atoms with van der Waals surface area (Å²) in [7, 11) is 2.17. The van der Waals surface area contributed by atoms with Crippen LogP contribution in [-0.2, 0) is 9.53 Å². The van der Waals surface area contributed by atoms with Crippen molar-refractivity contribution in [2.24, 2.45) is 4.99 Å². The summed E-state index contributed by atoms with van der Waals surface area (Å²) < 4.78 is 39.6. The largest absolute Gasteiger partial charge is 0.858 e. The fourth-order valence-corrected chi connectivity index (χ4v) is 3.71. The van der Waals surface area contributed by atoms with Gasteiger partial charge in [-0.25, -0.2) is 13.6 Å². The predicted molar refractivity (Wildman–Crippen MR) is 138 cm³/mol. The van der Waals surface area contributed by atoms with Crippen LogP contribution in [0.5, 0.6) is 5.75 Å². The molecule has 37 heavy (non-hydrogen) atoms. The Morgan fingerprint density at radius 2 is 1.70 bits per heavy atom. The van der Waals surface area contributed by atoms with Gasteiger partial charge in [0.1, 0.15) is 17.4 Å². The van der Waals surface area contributed by atoms with Crippen LogP contribution in [0.3, 0.4) is 0 Å². The molecule has 0 atom stereocenters. The van der Waals surface area contributed by atoms with E-state index in [1.807, 2.05) is 0 Å². The number of hydrogen-bond acceptors (Lipinski definition) is 5. The topological polar surface area (TPSA) is 71.0 Å². The number of carbonyl (C=O) groups excluding carboxylic acids is 1. The van der Waals surface area contributed by atoms with Gasteiger partial charge in [0.05, 0.1) is 39.0 Å². The molecule has 6 nitrogen and oxygen atoms in total. The van der Waals surface area contributed by atoms with Gasteiger partial charge in [0.2, 0.25) is 0 Å². The minimum Gasteiger partial charge on any atom is -0.858 e. The second-order valence-electron chi connectivity index (χ2n) is 8.96. The number of carbonyl (C=O) groups is 1. The van der Waals surface area contributed by atoms with Crippen molar-refractivity contribution in [1.82, 2.24) is 0 Å². The van der Waals surface area contributed by atoms with Crippen molar-refractivity contribution < 1.29 is 32.6 Å². The standard InChI is InChI=1S/C29H32F2N2O4/c1-4-33(3,5-2)15-8-16-36-28(34)20-37-25-12-7-11-24(19-25)32-29(35)26-18-22(13-14-27(26)31)21-9-6-10-23(30)17-21/h6-7,9-14,17-19H,4-5,8,15-16,20H2,1-3H3. The maximum Gasteiger partial charge on any atom is 0.344 e. The van der Waals surface area contributed by atoms with Crippen LogP contribution >= 0.6 is 0 Å². The maximum absolute atomic E-state index is 14.4. The van der Waals surface area contributed by atoms with Crippen LogP contribution in [0.15, 0.2) is 71.7 Å². The number of ether oxygens (including phenoxy) is 2. The van der Waals surface area contributed by atoms with Crippen LogP contribution < -0.4 is 9.84 Å². The molecule has 0 bridgehead atoms. The smallest absolute Gasteiger partial charge is 0.344 e. The zero-order valence-corrected chi connectivity index (χ0v) is 21.4. The van der Waals surface area contributed by atoms with Gasteiger partial charge in [-0.05, 0) is 67.3 Å². The molecule has 0 saturated heterocycles. The normalized spacial score (nSPS) is 11.9. The molecule has 0 aliphatic heterocycles. The molecule has 3 rings (SSSR count). The fraction of sp³-hybridized carbons (Fsp3) is 0.310. The van der Waals surface area contributed by atoms with Crippen LogP contribution in [0.1, 0.15) is 25.8 Å². The molecule has 0 amide bonds. The number of aliphatic imine (C=N–C) groups is 1. The van der Waals surface area contributed by atoms with Crippen molar-refractivity contribution in [3.63, 3.8) is 0 Å². The van der Waals surface area contributed by atoms with E-state index in [1.165, 1.54) is 36.4 Å². The lowest BCUT2D eigenvalue weighted by Crippen LogP contribution is -2.44. The molecule has 0 aliphatic carbocycles. The van der Waals surface area contributed by atoms with E-state index in [0.717, 1.165) is 36.6 Å². The second-order valence-corrected chi connectivity index (χ2v) is 8.96. The Labute approximate surface area is 216 Å². The highest BCUT2D eigenvalue weighted by Crippen LogP contribution is 2.25. The minimum atomic E-state index is -0.795. The molecular formula is C29H32F2N2O4. The van der Waals surface area contributed by atoms with Crippen LogP contribution in [-0.4, -0.2) is 56.2 Å². The predicted octanol–water partition coefficient (Wildman–Crippen LogP) is 4.87. The summed E-state index contributed by atoms with van der Waals surface area (Å²) in [6.45, 7) is 7.26. The molecule has 3 aromatic carbocycles. The van der Waals surface area contributed by atoms with E-state index in [1.54, 1.807) is 24.3 Å². The number of hydrogen-bond donors (Lipinski definition) is 0. The Bertz CT molecular complexity index is 1240. The highest BCUT2D eigenvalue weighted by molar-refractivity contribution is 5.94. The number of esters is 1. The summed E-state index contributed by atoms with van der Waals surface area (Å²) in [5.74, 6) is -2.13. The first-order valence-corrected chi connectivity index (χ1v) is 12.3. The molecule has 0 saturated carbocycles. The Kier molecular flexibility index (Phi) is 9.74. The van der Waals surface area contributed by atoms with Gasteiger partial charge < -0.3 is 19.1 Å². The van der Waals surface area contributed by atoms with E-state index in [4.69, 9.17) is 9.47 Å². The summed E-state index contributed by atoms with van der Waals surface area (Å²) in [5, 5.41) is 12.7. The average molecular weight is 511 g/mol. The molecule has 0 aromatic heterocycles. The SMILES string of the molecule is CC[N+](C)(CC)CCCOC(=O)COc1cccc(N=C([O-])c2cc(-c3cccc(F)c3)ccc2F)c1. The number of halogens is 2. The summed E-state index contributed by atoms with van der Waals surface area (Å²) in [5.41, 5.74) is 1.00. The lowest BCUT2D eigenvalue weighted by Gasteiger charge is -2.31. The highest BCUT2D eigenvalue weighted by atomic mass is 19.1. The van der Waals surface area contributed by atoms with Gasteiger partial charge >= 0.3 is 5.97 Å². The first-order valence-electron chi connectivity index (χ1n) is 12.3. The molecule has 0 N–H and O–H groups in total. The summed E-state index contributed by atoms with van der Waals surface area (Å²) in [6.07, 6.45) is 0.761. The van der Waals surface area contributed by atoms with Gasteiger partial charge in [-0.15, -0.1) is 0 Å². The van der Waals surface area contributed by atoms with Crippen molar-refractivity contribution in [3.05, 3.63) is 83.9 Å². The fourth-order valence-electron chi connectivity index (χ4n) is 3.71. The zero-order chi connectivity index (χ0) is 26.8. The molecule has 0 fully saturated rings. The third-order valence-corrected chi connectivity index (χ3v) is 6.39. The third kappa shape index (κ3) is 8.11. The highest BCUT2D eigenvalue weighted by Gasteiger charge is 2.16. The third-order valence-electron chi connectivity index (χ3n) is 6.39. The molecular weight excluding hydrogens is 478 g/mol. The van der Waals surface area contributed by atoms with Crippen molar-refractivity contribution in [2.45, 2.75) is 20.3 Å². The van der Waals surface area contributed by atoms with E-state index < -0.39 is 23.5 Å². The van der Waals surface area contributed by atoms with Crippen molar-refractivity contribution in [2.75, 3.05) is 39.9 Å². The molecule has 8 heteroatoms. The molecule has 196 valence electrons. The quantitative estimate of drug-likeness (QED) is 0.115. The van der Waals surface area contributed by atoms with E-state index in [2.05, 4.69) is 25.9 Å². The van der Waals surface area contributed by atoms with Crippen LogP contribution in [0, 0.1) is 11.6 Å². The Balaban J connectivity index is 1.61. The van der Waals surface area contributed by atoms with Gasteiger partial charge in [-0.3, -0.25) is 4.99 Å². The number of quaternary nitrogens is 1. The van der Waals surface area contributed by atoms with Crippen LogP contribution in [0.4, 0.5) is 14.5 Å². The van der Waals surface area contributed by atoms with Gasteiger partial charge in [-0.2, -0.15) is 0 Å². The molecule has 0 spiro atoms. The van der Waals surface area contributed by atoms with Crippen LogP contribution in [0.2, 0.25) is 0 Å². The van der Waals surface area contributed by atoms with Gasteiger partial charge in [0.25, 0.3) is 0 Å². The first-order chi connectivity index (χ1) is 17.7. The summed E-state index contributed by atoms with van der Waals surface area (Å²) in [4.78, 5) is 16.0. The van der Waals surface area contributed by atoms with E-state index >= 15 is 0 Å². The first kappa shape index (κ1) is 27.8. The van der Waals surface area contributed by atoms with Crippen molar-refractivity contribution in [1.29, 1.82) is 0 Å². The van der Waals surface area contributed by atoms with E-state index in [0.29, 0.717) is 23.5 Å². The number of nitrogens with zero attached hydrogens (tertiary/aromatic N) is 2. The maximum atomic E-state index is 14.4. The average Bonchev–Trinajstić information content (AvgIpc) is 2.90. The Morgan fingerprint density at radius 3 is 2.43 bits per heavy atom. The minimum absolute atomic E-state index is 0.238. The zero-order valence-electron chi connectivity index (χ0n) is 21.4. The van der Waals surface area contributed by atoms with E-state index in [-0.39, 0.29) is 17.9 Å². The molecule has 3 aromatic rings. The number of rotatable bonds is 12. The monoisotopic (exact) mass is 510 g/mol. The van der Waals surface area contributed by atoms with Gasteiger partial charge in [-0.1, -0.05) is 24.3 Å². The van der Waals surface area contributed by atoms with E-state index in [9.17, 15) is 18.7 Å². The summed E-state index contributed by atoms with van der Waals surface area (Å²) in [6, 6.07) is 16.0. The second kappa shape index (κ2) is 13.0. The lowest BCUT2D eigenvalue weighted by molar-refractivity contribution is -0.906. The molecule has 0 radical (unpaired) electrons. The van der Waals surface area contributed by atoms with Crippen LogP contribution in [0.25, 0.3) is 11.1 Å². The molecule has 0 unspecified atom stereocenters. The van der Waals surface area contributed by atoms with Gasteiger partial charge in [0.15, 0.2) is 6.61 Å². The molecule has 0 heterocycles. The van der Waals surface area contributed by atoms with Crippen molar-refractivity contribution in [3.8, 4) is 16.9 Å². The Hall–Kier alpha value is -3.78. The molecule has 0 aliphatic rings. The van der Waals surface area contributed by atoms with Gasteiger partial charge in [0, 0.05) is 18.1 Å². The summed E-state index contributed by atoms with van der Waals surface area (Å²) >= 11 is 0. The number of benzene rings is 3. The lowest BCUT2D eigenvalue weighted by atomic mass is 10.0. The Morgan fingerprint density at radius 1 is 0.973 bits per heavy atom.